The van der Waals surface area contributed by atoms with Crippen molar-refractivity contribution in [3.63, 3.8) is 0 Å². The minimum absolute atomic E-state index is 0.754. The molecule has 0 aromatic carbocycles. The first-order chi connectivity index (χ1) is 7.77. The maximum atomic E-state index is 5.63. The van der Waals surface area contributed by atoms with Crippen molar-refractivity contribution < 1.29 is 4.74 Å². The van der Waals surface area contributed by atoms with Crippen LogP contribution in [0.3, 0.4) is 0 Å². The molecule has 0 fully saturated rings. The Labute approximate surface area is 102 Å². The van der Waals surface area contributed by atoms with Gasteiger partial charge in [0.1, 0.15) is 11.6 Å². The zero-order chi connectivity index (χ0) is 11.8. The summed E-state index contributed by atoms with van der Waals surface area (Å²) in [5, 5.41) is 0. The molecule has 0 unspecified atom stereocenters. The molecular weight excluding hydrogens is 224 g/mol. The molecule has 0 aliphatic carbocycles. The van der Waals surface area contributed by atoms with E-state index < -0.39 is 0 Å². The van der Waals surface area contributed by atoms with Gasteiger partial charge in [0.25, 0.3) is 0 Å². The number of aromatic nitrogens is 1. The molecule has 1 aromatic heterocycles. The standard InChI is InChI=1S/C12H19ClN2O/c1-15(9-5-3-4-8-13)12-7-6-11(16-2)10-14-12/h6-7,10H,3-5,8-9H2,1-2H3. The highest BCUT2D eigenvalue weighted by atomic mass is 35.5. The van der Waals surface area contributed by atoms with Crippen LogP contribution in [0.4, 0.5) is 5.82 Å². The van der Waals surface area contributed by atoms with Crippen molar-refractivity contribution in [2.75, 3.05) is 31.5 Å². The number of rotatable bonds is 7. The predicted molar refractivity (Wildman–Crippen MR) is 68.6 cm³/mol. The van der Waals surface area contributed by atoms with Gasteiger partial charge in [-0.2, -0.15) is 0 Å². The van der Waals surface area contributed by atoms with E-state index in [1.165, 1.54) is 6.42 Å². The minimum atomic E-state index is 0.754. The molecule has 4 heteroatoms. The molecule has 0 atom stereocenters. The summed E-state index contributed by atoms with van der Waals surface area (Å²) in [6, 6.07) is 3.90. The van der Waals surface area contributed by atoms with Gasteiger partial charge in [0.15, 0.2) is 0 Å². The van der Waals surface area contributed by atoms with Crippen molar-refractivity contribution in [2.24, 2.45) is 0 Å². The second kappa shape index (κ2) is 7.34. The number of unbranched alkanes of at least 4 members (excludes halogenated alkanes) is 2. The number of hydrogen-bond acceptors (Lipinski definition) is 3. The maximum absolute atomic E-state index is 5.63. The van der Waals surface area contributed by atoms with Crippen LogP contribution in [-0.2, 0) is 0 Å². The summed E-state index contributed by atoms with van der Waals surface area (Å²) >= 11 is 5.63. The molecular formula is C12H19ClN2O. The van der Waals surface area contributed by atoms with Crippen molar-refractivity contribution in [1.29, 1.82) is 0 Å². The van der Waals surface area contributed by atoms with Gasteiger partial charge in [0.2, 0.25) is 0 Å². The van der Waals surface area contributed by atoms with Crippen LogP contribution in [0.2, 0.25) is 0 Å². The van der Waals surface area contributed by atoms with Crippen LogP contribution in [0.5, 0.6) is 5.75 Å². The summed E-state index contributed by atoms with van der Waals surface area (Å²) in [4.78, 5) is 6.47. The molecule has 3 nitrogen and oxygen atoms in total. The summed E-state index contributed by atoms with van der Waals surface area (Å²) in [6.45, 7) is 1.01. The van der Waals surface area contributed by atoms with Crippen LogP contribution in [0.1, 0.15) is 19.3 Å². The van der Waals surface area contributed by atoms with Gasteiger partial charge in [-0.25, -0.2) is 4.98 Å². The van der Waals surface area contributed by atoms with Gasteiger partial charge in [-0.1, -0.05) is 6.42 Å². The normalized spacial score (nSPS) is 10.2. The summed E-state index contributed by atoms with van der Waals surface area (Å²) < 4.78 is 5.07. The molecule has 16 heavy (non-hydrogen) atoms. The van der Waals surface area contributed by atoms with E-state index >= 15 is 0 Å². The molecule has 0 spiro atoms. The third-order valence-electron chi connectivity index (χ3n) is 2.47. The number of methoxy groups -OCH3 is 1. The lowest BCUT2D eigenvalue weighted by Crippen LogP contribution is -2.19. The molecule has 0 aliphatic heterocycles. The van der Waals surface area contributed by atoms with Crippen molar-refractivity contribution in [1.82, 2.24) is 4.98 Å². The molecule has 0 saturated carbocycles. The van der Waals surface area contributed by atoms with E-state index in [1.807, 2.05) is 12.1 Å². The Balaban J connectivity index is 2.37. The Morgan fingerprint density at radius 2 is 2.12 bits per heavy atom. The van der Waals surface area contributed by atoms with Gasteiger partial charge in [0.05, 0.1) is 13.3 Å². The van der Waals surface area contributed by atoms with Crippen LogP contribution in [0, 0.1) is 0 Å². The second-order valence-corrected chi connectivity index (χ2v) is 4.11. The number of pyridine rings is 1. The van der Waals surface area contributed by atoms with Crippen LogP contribution < -0.4 is 9.64 Å². The third-order valence-corrected chi connectivity index (χ3v) is 2.74. The highest BCUT2D eigenvalue weighted by Crippen LogP contribution is 2.14. The van der Waals surface area contributed by atoms with Crippen molar-refractivity contribution in [2.45, 2.75) is 19.3 Å². The molecule has 1 heterocycles. The Morgan fingerprint density at radius 1 is 1.31 bits per heavy atom. The van der Waals surface area contributed by atoms with Gasteiger partial charge >= 0.3 is 0 Å². The van der Waals surface area contributed by atoms with Crippen molar-refractivity contribution in [3.05, 3.63) is 18.3 Å². The van der Waals surface area contributed by atoms with Gasteiger partial charge in [-0.15, -0.1) is 11.6 Å². The van der Waals surface area contributed by atoms with Gasteiger partial charge in [-0.05, 0) is 25.0 Å². The molecule has 0 amide bonds. The number of halogens is 1. The average Bonchev–Trinajstić information content (AvgIpc) is 2.34. The Hall–Kier alpha value is -0.960. The van der Waals surface area contributed by atoms with Crippen molar-refractivity contribution >= 4 is 17.4 Å². The SMILES string of the molecule is COc1ccc(N(C)CCCCCCl)nc1. The molecule has 90 valence electrons. The Bertz CT molecular complexity index is 290. The summed E-state index contributed by atoms with van der Waals surface area (Å²) in [7, 11) is 3.70. The lowest BCUT2D eigenvalue weighted by Gasteiger charge is -2.17. The van der Waals surface area contributed by atoms with E-state index in [0.29, 0.717) is 0 Å². The maximum Gasteiger partial charge on any atom is 0.137 e. The predicted octanol–water partition coefficient (Wildman–Crippen LogP) is 2.94. The smallest absolute Gasteiger partial charge is 0.137 e. The van der Waals surface area contributed by atoms with Crippen LogP contribution in [-0.4, -0.2) is 31.6 Å². The summed E-state index contributed by atoms with van der Waals surface area (Å²) in [6.07, 6.45) is 5.15. The average molecular weight is 243 g/mol. The number of alkyl halides is 1. The molecule has 0 N–H and O–H groups in total. The minimum Gasteiger partial charge on any atom is -0.495 e. The number of anilines is 1. The first-order valence-electron chi connectivity index (χ1n) is 5.55. The quantitative estimate of drug-likeness (QED) is 0.543. The Morgan fingerprint density at radius 3 is 2.69 bits per heavy atom. The van der Waals surface area contributed by atoms with Crippen LogP contribution in [0.25, 0.3) is 0 Å². The van der Waals surface area contributed by atoms with E-state index in [9.17, 15) is 0 Å². The molecule has 1 aromatic rings. The van der Waals surface area contributed by atoms with E-state index in [4.69, 9.17) is 16.3 Å². The van der Waals surface area contributed by atoms with E-state index in [1.54, 1.807) is 13.3 Å². The fourth-order valence-electron chi connectivity index (χ4n) is 1.45. The van der Waals surface area contributed by atoms with E-state index in [0.717, 1.165) is 36.8 Å². The number of ether oxygens (including phenoxy) is 1. The Kier molecular flexibility index (Phi) is 6.01. The monoisotopic (exact) mass is 242 g/mol. The lowest BCUT2D eigenvalue weighted by atomic mass is 10.2. The zero-order valence-corrected chi connectivity index (χ0v) is 10.7. The van der Waals surface area contributed by atoms with Gasteiger partial charge in [0, 0.05) is 19.5 Å². The summed E-state index contributed by atoms with van der Waals surface area (Å²) in [5.74, 6) is 2.52. The largest absolute Gasteiger partial charge is 0.495 e. The molecule has 0 aliphatic rings. The highest BCUT2D eigenvalue weighted by molar-refractivity contribution is 6.17. The van der Waals surface area contributed by atoms with E-state index in [-0.39, 0.29) is 0 Å². The van der Waals surface area contributed by atoms with Gasteiger partial charge in [-0.3, -0.25) is 0 Å². The van der Waals surface area contributed by atoms with E-state index in [2.05, 4.69) is 16.9 Å². The first kappa shape index (κ1) is 13.1. The third kappa shape index (κ3) is 4.27. The number of hydrogen-bond donors (Lipinski definition) is 0. The fraction of sp³-hybridized carbons (Fsp3) is 0.583. The molecule has 1 rings (SSSR count). The van der Waals surface area contributed by atoms with Gasteiger partial charge < -0.3 is 9.64 Å². The summed E-state index contributed by atoms with van der Waals surface area (Å²) in [5.41, 5.74) is 0. The number of nitrogens with zero attached hydrogens (tertiary/aromatic N) is 2. The first-order valence-corrected chi connectivity index (χ1v) is 6.08. The van der Waals surface area contributed by atoms with Crippen LogP contribution in [0.15, 0.2) is 18.3 Å². The highest BCUT2D eigenvalue weighted by Gasteiger charge is 2.01. The molecule has 0 saturated heterocycles. The van der Waals surface area contributed by atoms with Crippen LogP contribution >= 0.6 is 11.6 Å². The second-order valence-electron chi connectivity index (χ2n) is 3.73. The van der Waals surface area contributed by atoms with Crippen molar-refractivity contribution in [3.8, 4) is 5.75 Å². The molecule has 0 radical (unpaired) electrons. The fourth-order valence-corrected chi connectivity index (χ4v) is 1.64. The molecule has 0 bridgehead atoms. The topological polar surface area (TPSA) is 25.4 Å². The lowest BCUT2D eigenvalue weighted by molar-refractivity contribution is 0.413. The zero-order valence-electron chi connectivity index (χ0n) is 9.95.